The Hall–Kier alpha value is -2.30. The second kappa shape index (κ2) is 6.43. The van der Waals surface area contributed by atoms with E-state index in [1.807, 2.05) is 32.8 Å². The van der Waals surface area contributed by atoms with Gasteiger partial charge < -0.3 is 9.80 Å². The maximum Gasteiger partial charge on any atom is 0.257 e. The molecule has 1 aromatic carbocycles. The van der Waals surface area contributed by atoms with Crippen molar-refractivity contribution in [2.75, 3.05) is 25.5 Å². The Morgan fingerprint density at radius 2 is 1.90 bits per heavy atom. The SMILES string of the molecule is CCN(Cc1ccc(N(C)C)cc1)C(=O)c1cn[nH]c1C. The smallest absolute Gasteiger partial charge is 0.257 e. The largest absolute Gasteiger partial charge is 0.378 e. The van der Waals surface area contributed by atoms with Crippen molar-refractivity contribution in [2.45, 2.75) is 20.4 Å². The molecule has 2 rings (SSSR count). The van der Waals surface area contributed by atoms with Crippen LogP contribution in [-0.2, 0) is 6.54 Å². The molecule has 21 heavy (non-hydrogen) atoms. The number of hydrogen-bond donors (Lipinski definition) is 1. The molecule has 5 nitrogen and oxygen atoms in total. The molecule has 0 fully saturated rings. The summed E-state index contributed by atoms with van der Waals surface area (Å²) in [5.74, 6) is 0.0143. The van der Waals surface area contributed by atoms with Crippen LogP contribution < -0.4 is 4.90 Å². The summed E-state index contributed by atoms with van der Waals surface area (Å²) in [5, 5.41) is 6.73. The summed E-state index contributed by atoms with van der Waals surface area (Å²) >= 11 is 0. The summed E-state index contributed by atoms with van der Waals surface area (Å²) in [6.07, 6.45) is 1.59. The van der Waals surface area contributed by atoms with Crippen LogP contribution in [0.2, 0.25) is 0 Å². The zero-order valence-corrected chi connectivity index (χ0v) is 13.1. The van der Waals surface area contributed by atoms with Crippen LogP contribution in [0, 0.1) is 6.92 Å². The van der Waals surface area contributed by atoms with E-state index in [9.17, 15) is 4.79 Å². The lowest BCUT2D eigenvalue weighted by Gasteiger charge is -2.21. The van der Waals surface area contributed by atoms with Gasteiger partial charge in [0.15, 0.2) is 0 Å². The Kier molecular flexibility index (Phi) is 4.62. The Labute approximate surface area is 125 Å². The molecule has 5 heteroatoms. The molecule has 0 aliphatic rings. The molecule has 1 heterocycles. The number of benzene rings is 1. The van der Waals surface area contributed by atoms with Gasteiger partial charge in [-0.3, -0.25) is 9.89 Å². The highest BCUT2D eigenvalue weighted by Gasteiger charge is 2.17. The van der Waals surface area contributed by atoms with Gasteiger partial charge in [-0.15, -0.1) is 0 Å². The van der Waals surface area contributed by atoms with Crippen molar-refractivity contribution in [1.29, 1.82) is 0 Å². The van der Waals surface area contributed by atoms with Crippen molar-refractivity contribution in [2.24, 2.45) is 0 Å². The van der Waals surface area contributed by atoms with Gasteiger partial charge in [-0.05, 0) is 31.5 Å². The first-order valence-electron chi connectivity index (χ1n) is 7.08. The fourth-order valence-corrected chi connectivity index (χ4v) is 2.18. The number of carbonyl (C=O) groups excluding carboxylic acids is 1. The maximum absolute atomic E-state index is 12.5. The van der Waals surface area contributed by atoms with E-state index in [0.29, 0.717) is 18.7 Å². The quantitative estimate of drug-likeness (QED) is 0.918. The molecule has 1 aromatic heterocycles. The first kappa shape index (κ1) is 15.1. The molecular weight excluding hydrogens is 264 g/mol. The van der Waals surface area contributed by atoms with Crippen LogP contribution >= 0.6 is 0 Å². The fraction of sp³-hybridized carbons (Fsp3) is 0.375. The number of nitrogens with zero attached hydrogens (tertiary/aromatic N) is 3. The average molecular weight is 286 g/mol. The zero-order chi connectivity index (χ0) is 15.4. The van der Waals surface area contributed by atoms with Crippen LogP contribution in [0.5, 0.6) is 0 Å². The first-order chi connectivity index (χ1) is 10.0. The van der Waals surface area contributed by atoms with E-state index >= 15 is 0 Å². The topological polar surface area (TPSA) is 52.2 Å². The van der Waals surface area contributed by atoms with E-state index in [0.717, 1.165) is 16.9 Å². The van der Waals surface area contributed by atoms with Crippen molar-refractivity contribution in [3.05, 3.63) is 47.3 Å². The van der Waals surface area contributed by atoms with Gasteiger partial charge >= 0.3 is 0 Å². The Balaban J connectivity index is 2.12. The minimum absolute atomic E-state index is 0.0143. The van der Waals surface area contributed by atoms with Gasteiger partial charge in [0.2, 0.25) is 0 Å². The van der Waals surface area contributed by atoms with Crippen LogP contribution in [0.1, 0.15) is 28.5 Å². The van der Waals surface area contributed by atoms with Gasteiger partial charge in [-0.25, -0.2) is 0 Å². The number of aromatic nitrogens is 2. The minimum atomic E-state index is 0.0143. The molecule has 1 N–H and O–H groups in total. The number of hydrogen-bond acceptors (Lipinski definition) is 3. The minimum Gasteiger partial charge on any atom is -0.378 e. The summed E-state index contributed by atoms with van der Waals surface area (Å²) in [6, 6.07) is 8.26. The maximum atomic E-state index is 12.5. The molecule has 1 amide bonds. The number of H-pyrrole nitrogens is 1. The lowest BCUT2D eigenvalue weighted by molar-refractivity contribution is 0.0752. The lowest BCUT2D eigenvalue weighted by Crippen LogP contribution is -2.30. The normalized spacial score (nSPS) is 10.5. The van der Waals surface area contributed by atoms with Gasteiger partial charge in [-0.2, -0.15) is 5.10 Å². The van der Waals surface area contributed by atoms with Crippen LogP contribution in [-0.4, -0.2) is 41.6 Å². The molecule has 0 saturated carbocycles. The summed E-state index contributed by atoms with van der Waals surface area (Å²) in [6.45, 7) is 5.12. The first-order valence-corrected chi connectivity index (χ1v) is 7.08. The number of carbonyl (C=O) groups is 1. The third-order valence-corrected chi connectivity index (χ3v) is 3.56. The predicted molar refractivity (Wildman–Crippen MR) is 84.5 cm³/mol. The van der Waals surface area contributed by atoms with Crippen molar-refractivity contribution < 1.29 is 4.79 Å². The molecular formula is C16H22N4O. The van der Waals surface area contributed by atoms with Gasteiger partial charge in [0, 0.05) is 38.6 Å². The van der Waals surface area contributed by atoms with Gasteiger partial charge in [0.1, 0.15) is 0 Å². The van der Waals surface area contributed by atoms with Crippen LogP contribution in [0.15, 0.2) is 30.5 Å². The molecule has 0 unspecified atom stereocenters. The van der Waals surface area contributed by atoms with E-state index in [2.05, 4.69) is 39.4 Å². The van der Waals surface area contributed by atoms with Crippen LogP contribution in [0.25, 0.3) is 0 Å². The van der Waals surface area contributed by atoms with Crippen LogP contribution in [0.4, 0.5) is 5.69 Å². The Bertz CT molecular complexity index is 601. The van der Waals surface area contributed by atoms with Crippen LogP contribution in [0.3, 0.4) is 0 Å². The predicted octanol–water partition coefficient (Wildman–Crippen LogP) is 2.45. The number of anilines is 1. The second-order valence-corrected chi connectivity index (χ2v) is 5.29. The van der Waals surface area contributed by atoms with E-state index in [1.165, 1.54) is 0 Å². The lowest BCUT2D eigenvalue weighted by atomic mass is 10.1. The monoisotopic (exact) mass is 286 g/mol. The molecule has 112 valence electrons. The molecule has 0 spiro atoms. The van der Waals surface area contributed by atoms with Gasteiger partial charge in [-0.1, -0.05) is 12.1 Å². The summed E-state index contributed by atoms with van der Waals surface area (Å²) in [4.78, 5) is 16.4. The van der Waals surface area contributed by atoms with Crippen molar-refractivity contribution in [3.63, 3.8) is 0 Å². The number of rotatable bonds is 5. The van der Waals surface area contributed by atoms with E-state index in [1.54, 1.807) is 6.20 Å². The highest BCUT2D eigenvalue weighted by Crippen LogP contribution is 2.15. The fourth-order valence-electron chi connectivity index (χ4n) is 2.18. The van der Waals surface area contributed by atoms with Crippen molar-refractivity contribution in [1.82, 2.24) is 15.1 Å². The third-order valence-electron chi connectivity index (χ3n) is 3.56. The van der Waals surface area contributed by atoms with Gasteiger partial charge in [0.25, 0.3) is 5.91 Å². The summed E-state index contributed by atoms with van der Waals surface area (Å²) < 4.78 is 0. The van der Waals surface area contributed by atoms with E-state index in [-0.39, 0.29) is 5.91 Å². The van der Waals surface area contributed by atoms with Crippen molar-refractivity contribution in [3.8, 4) is 0 Å². The molecule has 0 aliphatic heterocycles. The third kappa shape index (κ3) is 3.42. The molecule has 2 aromatic rings. The van der Waals surface area contributed by atoms with Gasteiger partial charge in [0.05, 0.1) is 11.8 Å². The molecule has 0 aliphatic carbocycles. The highest BCUT2D eigenvalue weighted by atomic mass is 16.2. The number of aryl methyl sites for hydroxylation is 1. The van der Waals surface area contributed by atoms with Crippen molar-refractivity contribution >= 4 is 11.6 Å². The standard InChI is InChI=1S/C16H22N4O/c1-5-20(16(21)15-10-17-18-12(15)2)11-13-6-8-14(9-7-13)19(3)4/h6-10H,5,11H2,1-4H3,(H,17,18). The zero-order valence-electron chi connectivity index (χ0n) is 13.1. The molecule has 0 atom stereocenters. The van der Waals surface area contributed by atoms with E-state index in [4.69, 9.17) is 0 Å². The molecule has 0 radical (unpaired) electrons. The average Bonchev–Trinajstić information content (AvgIpc) is 2.90. The number of aromatic amines is 1. The second-order valence-electron chi connectivity index (χ2n) is 5.29. The molecule has 0 bridgehead atoms. The summed E-state index contributed by atoms with van der Waals surface area (Å²) in [7, 11) is 4.02. The number of amides is 1. The van der Waals surface area contributed by atoms with E-state index < -0.39 is 0 Å². The Morgan fingerprint density at radius 3 is 2.38 bits per heavy atom. The summed E-state index contributed by atoms with van der Waals surface area (Å²) in [5.41, 5.74) is 3.72. The highest BCUT2D eigenvalue weighted by molar-refractivity contribution is 5.94. The number of nitrogens with one attached hydrogen (secondary N) is 1. The molecule has 0 saturated heterocycles. The Morgan fingerprint density at radius 1 is 1.24 bits per heavy atom.